The Hall–Kier alpha value is -2.33. The SMILES string of the molecule is Cc1ccc(OCC(=O)Nc2ccc([C@@H](C)O)cc2)cc1. The Morgan fingerprint density at radius 2 is 1.76 bits per heavy atom. The summed E-state index contributed by atoms with van der Waals surface area (Å²) in [7, 11) is 0. The first-order chi connectivity index (χ1) is 10.0. The van der Waals surface area contributed by atoms with Crippen LogP contribution in [-0.2, 0) is 4.79 Å². The number of carbonyl (C=O) groups is 1. The lowest BCUT2D eigenvalue weighted by Crippen LogP contribution is -2.20. The van der Waals surface area contributed by atoms with Crippen LogP contribution in [0.4, 0.5) is 5.69 Å². The highest BCUT2D eigenvalue weighted by molar-refractivity contribution is 5.91. The maximum Gasteiger partial charge on any atom is 0.262 e. The van der Waals surface area contributed by atoms with Crippen LogP contribution in [0.3, 0.4) is 0 Å². The Balaban J connectivity index is 1.85. The molecule has 0 fully saturated rings. The van der Waals surface area contributed by atoms with E-state index in [9.17, 15) is 9.90 Å². The standard InChI is InChI=1S/C17H19NO3/c1-12-3-9-16(10-4-12)21-11-17(20)18-15-7-5-14(6-8-15)13(2)19/h3-10,13,19H,11H2,1-2H3,(H,18,20)/t13-/m1/s1. The quantitative estimate of drug-likeness (QED) is 0.887. The predicted octanol–water partition coefficient (Wildman–Crippen LogP) is 3.07. The van der Waals surface area contributed by atoms with E-state index in [2.05, 4.69) is 5.32 Å². The molecule has 0 heterocycles. The van der Waals surface area contributed by atoms with Gasteiger partial charge in [0.1, 0.15) is 5.75 Å². The van der Waals surface area contributed by atoms with Crippen molar-refractivity contribution >= 4 is 11.6 Å². The van der Waals surface area contributed by atoms with Crippen LogP contribution in [0, 0.1) is 6.92 Å². The fraction of sp³-hybridized carbons (Fsp3) is 0.235. The van der Waals surface area contributed by atoms with Gasteiger partial charge in [0.05, 0.1) is 6.10 Å². The lowest BCUT2D eigenvalue weighted by molar-refractivity contribution is -0.118. The topological polar surface area (TPSA) is 58.6 Å². The zero-order chi connectivity index (χ0) is 15.2. The van der Waals surface area contributed by atoms with Crippen molar-refractivity contribution in [3.63, 3.8) is 0 Å². The number of hydrogen-bond acceptors (Lipinski definition) is 3. The molecule has 2 N–H and O–H groups in total. The summed E-state index contributed by atoms with van der Waals surface area (Å²) in [5.41, 5.74) is 2.63. The van der Waals surface area contributed by atoms with Gasteiger partial charge < -0.3 is 15.2 Å². The third-order valence-electron chi connectivity index (χ3n) is 3.07. The largest absolute Gasteiger partial charge is 0.484 e. The monoisotopic (exact) mass is 285 g/mol. The van der Waals surface area contributed by atoms with Gasteiger partial charge in [0.25, 0.3) is 5.91 Å². The Bertz CT molecular complexity index is 588. The minimum absolute atomic E-state index is 0.0405. The highest BCUT2D eigenvalue weighted by atomic mass is 16.5. The molecule has 4 nitrogen and oxygen atoms in total. The third-order valence-corrected chi connectivity index (χ3v) is 3.07. The summed E-state index contributed by atoms with van der Waals surface area (Å²) in [4.78, 5) is 11.8. The van der Waals surface area contributed by atoms with Crippen LogP contribution in [-0.4, -0.2) is 17.6 Å². The van der Waals surface area contributed by atoms with Gasteiger partial charge in [0.15, 0.2) is 6.61 Å². The molecule has 0 radical (unpaired) electrons. The van der Waals surface area contributed by atoms with Gasteiger partial charge in [-0.05, 0) is 43.7 Å². The molecule has 2 aromatic rings. The number of aliphatic hydroxyl groups excluding tert-OH is 1. The molecule has 2 aromatic carbocycles. The van der Waals surface area contributed by atoms with Crippen LogP contribution in [0.15, 0.2) is 48.5 Å². The van der Waals surface area contributed by atoms with E-state index in [-0.39, 0.29) is 12.5 Å². The maximum absolute atomic E-state index is 11.8. The Morgan fingerprint density at radius 1 is 1.14 bits per heavy atom. The average molecular weight is 285 g/mol. The number of aryl methyl sites for hydroxylation is 1. The Kier molecular flexibility index (Phi) is 4.95. The first-order valence-corrected chi connectivity index (χ1v) is 6.82. The normalized spacial score (nSPS) is 11.8. The van der Waals surface area contributed by atoms with Crippen LogP contribution in [0.5, 0.6) is 5.75 Å². The number of carbonyl (C=O) groups excluding carboxylic acids is 1. The smallest absolute Gasteiger partial charge is 0.262 e. The molecule has 110 valence electrons. The zero-order valence-corrected chi connectivity index (χ0v) is 12.2. The van der Waals surface area contributed by atoms with Gasteiger partial charge in [-0.3, -0.25) is 4.79 Å². The van der Waals surface area contributed by atoms with E-state index in [0.717, 1.165) is 11.1 Å². The molecule has 2 rings (SSSR count). The second-order valence-corrected chi connectivity index (χ2v) is 4.95. The van der Waals surface area contributed by atoms with E-state index < -0.39 is 6.10 Å². The molecule has 0 saturated carbocycles. The number of nitrogens with one attached hydrogen (secondary N) is 1. The number of amides is 1. The summed E-state index contributed by atoms with van der Waals surface area (Å²) in [5.74, 6) is 0.445. The van der Waals surface area contributed by atoms with Crippen molar-refractivity contribution in [3.8, 4) is 5.75 Å². The number of aliphatic hydroxyl groups is 1. The Labute approximate surface area is 124 Å². The van der Waals surface area contributed by atoms with Crippen molar-refractivity contribution in [1.82, 2.24) is 0 Å². The van der Waals surface area contributed by atoms with Crippen molar-refractivity contribution in [2.75, 3.05) is 11.9 Å². The highest BCUT2D eigenvalue weighted by Crippen LogP contribution is 2.16. The van der Waals surface area contributed by atoms with Gasteiger partial charge in [-0.15, -0.1) is 0 Å². The van der Waals surface area contributed by atoms with E-state index in [1.54, 1.807) is 31.2 Å². The molecule has 0 aliphatic heterocycles. The number of rotatable bonds is 5. The van der Waals surface area contributed by atoms with Gasteiger partial charge >= 0.3 is 0 Å². The number of anilines is 1. The maximum atomic E-state index is 11.8. The molecule has 1 atom stereocenters. The molecule has 0 aromatic heterocycles. The van der Waals surface area contributed by atoms with Crippen molar-refractivity contribution < 1.29 is 14.6 Å². The molecule has 4 heteroatoms. The number of benzene rings is 2. The fourth-order valence-corrected chi connectivity index (χ4v) is 1.83. The lowest BCUT2D eigenvalue weighted by Gasteiger charge is -2.09. The van der Waals surface area contributed by atoms with Gasteiger partial charge in [-0.1, -0.05) is 29.8 Å². The molecular formula is C17H19NO3. The first-order valence-electron chi connectivity index (χ1n) is 6.82. The van der Waals surface area contributed by atoms with Gasteiger partial charge in [-0.2, -0.15) is 0 Å². The van der Waals surface area contributed by atoms with E-state index in [4.69, 9.17) is 4.74 Å². The molecule has 21 heavy (non-hydrogen) atoms. The zero-order valence-electron chi connectivity index (χ0n) is 12.2. The van der Waals surface area contributed by atoms with Crippen molar-refractivity contribution in [1.29, 1.82) is 0 Å². The fourth-order valence-electron chi connectivity index (χ4n) is 1.83. The Morgan fingerprint density at radius 3 is 2.33 bits per heavy atom. The third kappa shape index (κ3) is 4.61. The molecule has 0 bridgehead atoms. The van der Waals surface area contributed by atoms with E-state index in [1.807, 2.05) is 31.2 Å². The van der Waals surface area contributed by atoms with Gasteiger partial charge in [-0.25, -0.2) is 0 Å². The van der Waals surface area contributed by atoms with E-state index in [1.165, 1.54) is 0 Å². The molecule has 0 saturated heterocycles. The minimum atomic E-state index is -0.514. The number of hydrogen-bond donors (Lipinski definition) is 2. The predicted molar refractivity (Wildman–Crippen MR) is 82.4 cm³/mol. The second-order valence-electron chi connectivity index (χ2n) is 4.95. The van der Waals surface area contributed by atoms with Crippen LogP contribution in [0.1, 0.15) is 24.2 Å². The molecule has 0 aliphatic carbocycles. The molecule has 0 spiro atoms. The molecule has 1 amide bonds. The summed E-state index contributed by atoms with van der Waals surface area (Å²) in [6, 6.07) is 14.6. The summed E-state index contributed by atoms with van der Waals surface area (Å²) in [5, 5.41) is 12.2. The summed E-state index contributed by atoms with van der Waals surface area (Å²) < 4.78 is 5.40. The van der Waals surface area contributed by atoms with Crippen LogP contribution in [0.25, 0.3) is 0 Å². The van der Waals surface area contributed by atoms with Crippen LogP contribution < -0.4 is 10.1 Å². The van der Waals surface area contributed by atoms with Gasteiger partial charge in [0.2, 0.25) is 0 Å². The minimum Gasteiger partial charge on any atom is -0.484 e. The van der Waals surface area contributed by atoms with Crippen LogP contribution in [0.2, 0.25) is 0 Å². The second kappa shape index (κ2) is 6.90. The first kappa shape index (κ1) is 15.1. The van der Waals surface area contributed by atoms with Crippen molar-refractivity contribution in [2.24, 2.45) is 0 Å². The lowest BCUT2D eigenvalue weighted by atomic mass is 10.1. The molecule has 0 unspecified atom stereocenters. The van der Waals surface area contributed by atoms with Crippen molar-refractivity contribution in [3.05, 3.63) is 59.7 Å². The average Bonchev–Trinajstić information content (AvgIpc) is 2.47. The van der Waals surface area contributed by atoms with E-state index >= 15 is 0 Å². The van der Waals surface area contributed by atoms with Crippen LogP contribution >= 0.6 is 0 Å². The summed E-state index contributed by atoms with van der Waals surface area (Å²) in [6.07, 6.45) is -0.514. The molecular weight excluding hydrogens is 266 g/mol. The highest BCUT2D eigenvalue weighted by Gasteiger charge is 2.05. The van der Waals surface area contributed by atoms with Gasteiger partial charge in [0, 0.05) is 5.69 Å². The van der Waals surface area contributed by atoms with Crippen molar-refractivity contribution in [2.45, 2.75) is 20.0 Å². The van der Waals surface area contributed by atoms with E-state index in [0.29, 0.717) is 11.4 Å². The number of ether oxygens (including phenoxy) is 1. The summed E-state index contributed by atoms with van der Waals surface area (Å²) >= 11 is 0. The summed E-state index contributed by atoms with van der Waals surface area (Å²) in [6.45, 7) is 3.65. The molecule has 0 aliphatic rings.